The Morgan fingerprint density at radius 2 is 1.12 bits per heavy atom. The zero-order valence-electron chi connectivity index (χ0n) is 16.8. The van der Waals surface area contributed by atoms with Gasteiger partial charge in [-0.3, -0.25) is 0 Å². The van der Waals surface area contributed by atoms with Crippen molar-refractivity contribution in [2.75, 3.05) is 0 Å². The number of hydrogen-bond donors (Lipinski definition) is 1. The average molecular weight is 387 g/mol. The van der Waals surface area contributed by atoms with Gasteiger partial charge in [0, 0.05) is 5.25 Å². The summed E-state index contributed by atoms with van der Waals surface area (Å²) in [5, 5.41) is 9.24. The third kappa shape index (κ3) is 18.0. The smallest absolute Gasteiger partial charge is 0.748 e. The van der Waals surface area contributed by atoms with E-state index in [-0.39, 0.29) is 35.7 Å². The van der Waals surface area contributed by atoms with Gasteiger partial charge in [0.2, 0.25) is 0 Å². The Morgan fingerprint density at radius 3 is 1.64 bits per heavy atom. The van der Waals surface area contributed by atoms with Crippen LogP contribution in [0.25, 0.3) is 0 Å². The van der Waals surface area contributed by atoms with Gasteiger partial charge in [-0.2, -0.15) is 0 Å². The van der Waals surface area contributed by atoms with E-state index < -0.39 is 15.4 Å². The summed E-state index contributed by atoms with van der Waals surface area (Å²) in [7, 11) is -4.16. The molecule has 0 saturated heterocycles. The van der Waals surface area contributed by atoms with E-state index in [0.29, 0.717) is 12.8 Å². The number of unbranched alkanes of at least 4 members (excludes halogenated alkanes) is 8. The molecule has 0 aromatic heterocycles. The van der Waals surface area contributed by atoms with Crippen LogP contribution in [0.2, 0.25) is 0 Å². The molecule has 2 unspecified atom stereocenters. The summed E-state index contributed by atoms with van der Waals surface area (Å²) < 4.78 is 33.7. The SMILES string of the molecule is CCCCCCCCC(O)CCCCCC(CCCC)S(=O)(=O)[O-].[Na+]. The van der Waals surface area contributed by atoms with Crippen molar-refractivity contribution in [3.05, 3.63) is 0 Å². The minimum atomic E-state index is -4.16. The Labute approximate surface area is 178 Å². The van der Waals surface area contributed by atoms with E-state index in [2.05, 4.69) is 6.92 Å². The molecule has 146 valence electrons. The molecule has 0 aliphatic carbocycles. The van der Waals surface area contributed by atoms with Crippen LogP contribution in [0.15, 0.2) is 0 Å². The standard InChI is InChI=1S/C19H40O4S.Na/c1-3-5-7-8-9-11-14-18(20)15-12-10-13-17-19(16-6-4-2)24(21,22)23;/h18-20H,3-17H2,1-2H3,(H,21,22,23);/q;+1/p-1. The molecule has 0 rings (SSSR count). The summed E-state index contributed by atoms with van der Waals surface area (Å²) in [6.45, 7) is 4.21. The molecular formula is C19H39NaO4S. The van der Waals surface area contributed by atoms with Gasteiger partial charge in [0.25, 0.3) is 0 Å². The topological polar surface area (TPSA) is 77.4 Å². The molecule has 0 radical (unpaired) electrons. The molecule has 6 heteroatoms. The van der Waals surface area contributed by atoms with Crippen LogP contribution >= 0.6 is 0 Å². The maximum Gasteiger partial charge on any atom is 1.00 e. The Bertz CT molecular complexity index is 374. The molecule has 0 fully saturated rings. The molecule has 0 aromatic rings. The molecule has 0 aliphatic rings. The molecule has 1 N–H and O–H groups in total. The van der Waals surface area contributed by atoms with Crippen LogP contribution in [0.4, 0.5) is 0 Å². The predicted octanol–water partition coefficient (Wildman–Crippen LogP) is 2.16. The average Bonchev–Trinajstić information content (AvgIpc) is 2.52. The summed E-state index contributed by atoms with van der Waals surface area (Å²) in [6, 6.07) is 0. The van der Waals surface area contributed by atoms with Crippen molar-refractivity contribution < 1.29 is 47.6 Å². The summed E-state index contributed by atoms with van der Waals surface area (Å²) in [5.41, 5.74) is 0. The van der Waals surface area contributed by atoms with E-state index in [1.165, 1.54) is 32.1 Å². The molecule has 4 nitrogen and oxygen atoms in total. The van der Waals surface area contributed by atoms with E-state index in [0.717, 1.165) is 51.4 Å². The Balaban J connectivity index is 0. The van der Waals surface area contributed by atoms with Gasteiger partial charge >= 0.3 is 29.6 Å². The maximum atomic E-state index is 11.2. The summed E-state index contributed by atoms with van der Waals surface area (Å²) in [6.07, 6.45) is 14.1. The number of rotatable bonds is 17. The Hall–Kier alpha value is 0.870. The molecular weight excluding hydrogens is 347 g/mol. The fourth-order valence-electron chi connectivity index (χ4n) is 3.10. The van der Waals surface area contributed by atoms with E-state index in [1.54, 1.807) is 0 Å². The van der Waals surface area contributed by atoms with E-state index in [9.17, 15) is 18.1 Å². The zero-order valence-corrected chi connectivity index (χ0v) is 19.7. The van der Waals surface area contributed by atoms with Gasteiger partial charge in [0.1, 0.15) is 0 Å². The van der Waals surface area contributed by atoms with Gasteiger partial charge in [0.05, 0.1) is 16.2 Å². The van der Waals surface area contributed by atoms with Crippen molar-refractivity contribution in [1.82, 2.24) is 0 Å². The molecule has 0 bridgehead atoms. The van der Waals surface area contributed by atoms with Crippen LogP contribution in [0.1, 0.15) is 110 Å². The first-order valence-corrected chi connectivity index (χ1v) is 11.5. The molecule has 0 aliphatic heterocycles. The minimum absolute atomic E-state index is 0. The Kier molecular flexibility index (Phi) is 20.5. The monoisotopic (exact) mass is 386 g/mol. The van der Waals surface area contributed by atoms with Crippen LogP contribution in [0.5, 0.6) is 0 Å². The second kappa shape index (κ2) is 18.2. The summed E-state index contributed by atoms with van der Waals surface area (Å²) >= 11 is 0. The van der Waals surface area contributed by atoms with Gasteiger partial charge in [-0.05, 0) is 25.7 Å². The first-order valence-electron chi connectivity index (χ1n) is 10.0. The van der Waals surface area contributed by atoms with Gasteiger partial charge < -0.3 is 9.66 Å². The van der Waals surface area contributed by atoms with Gasteiger partial charge in [-0.1, -0.05) is 84.5 Å². The summed E-state index contributed by atoms with van der Waals surface area (Å²) in [4.78, 5) is 0. The van der Waals surface area contributed by atoms with Crippen LogP contribution in [-0.2, 0) is 10.1 Å². The molecule has 0 spiro atoms. The maximum absolute atomic E-state index is 11.2. The van der Waals surface area contributed by atoms with Crippen molar-refractivity contribution in [3.8, 4) is 0 Å². The van der Waals surface area contributed by atoms with Crippen LogP contribution in [0, 0.1) is 0 Å². The number of hydrogen-bond acceptors (Lipinski definition) is 4. The second-order valence-corrected chi connectivity index (χ2v) is 8.76. The van der Waals surface area contributed by atoms with E-state index in [4.69, 9.17) is 0 Å². The fourth-order valence-corrected chi connectivity index (χ4v) is 4.01. The predicted molar refractivity (Wildman–Crippen MR) is 100 cm³/mol. The largest absolute Gasteiger partial charge is 1.00 e. The van der Waals surface area contributed by atoms with Crippen molar-refractivity contribution in [2.24, 2.45) is 0 Å². The van der Waals surface area contributed by atoms with Crippen LogP contribution < -0.4 is 29.6 Å². The molecule has 25 heavy (non-hydrogen) atoms. The molecule has 2 atom stereocenters. The van der Waals surface area contributed by atoms with Crippen molar-refractivity contribution in [3.63, 3.8) is 0 Å². The van der Waals surface area contributed by atoms with Crippen molar-refractivity contribution in [2.45, 2.75) is 122 Å². The molecule has 0 heterocycles. The Morgan fingerprint density at radius 1 is 0.720 bits per heavy atom. The van der Waals surface area contributed by atoms with Crippen molar-refractivity contribution in [1.29, 1.82) is 0 Å². The number of aliphatic hydroxyl groups is 1. The second-order valence-electron chi connectivity index (χ2n) is 7.11. The molecule has 0 saturated carbocycles. The van der Waals surface area contributed by atoms with E-state index >= 15 is 0 Å². The number of aliphatic hydroxyl groups excluding tert-OH is 1. The van der Waals surface area contributed by atoms with Crippen molar-refractivity contribution >= 4 is 10.1 Å². The fraction of sp³-hybridized carbons (Fsp3) is 1.00. The first-order chi connectivity index (χ1) is 11.4. The third-order valence-corrected chi connectivity index (χ3v) is 6.03. The van der Waals surface area contributed by atoms with Gasteiger partial charge in [-0.25, -0.2) is 8.42 Å². The zero-order chi connectivity index (χ0) is 18.3. The normalized spacial score (nSPS) is 14.1. The summed E-state index contributed by atoms with van der Waals surface area (Å²) in [5.74, 6) is 0. The quantitative estimate of drug-likeness (QED) is 0.236. The molecule has 0 amide bonds. The first kappa shape index (κ1) is 28.1. The van der Waals surface area contributed by atoms with Gasteiger partial charge in [-0.15, -0.1) is 0 Å². The third-order valence-electron chi connectivity index (χ3n) is 4.74. The van der Waals surface area contributed by atoms with Crippen LogP contribution in [0.3, 0.4) is 0 Å². The molecule has 0 aromatic carbocycles. The van der Waals surface area contributed by atoms with Gasteiger partial charge in [0.15, 0.2) is 0 Å². The minimum Gasteiger partial charge on any atom is -0.748 e. The van der Waals surface area contributed by atoms with Crippen LogP contribution in [-0.4, -0.2) is 29.4 Å². The van der Waals surface area contributed by atoms with E-state index in [1.807, 2.05) is 6.92 Å².